The van der Waals surface area contributed by atoms with Gasteiger partial charge in [0, 0.05) is 37.9 Å². The first-order chi connectivity index (χ1) is 12.9. The van der Waals surface area contributed by atoms with Crippen LogP contribution in [-0.4, -0.2) is 61.1 Å². The second-order valence-electron chi connectivity index (χ2n) is 7.29. The molecule has 0 radical (unpaired) electrons. The topological polar surface area (TPSA) is 94.5 Å². The summed E-state index contributed by atoms with van der Waals surface area (Å²) in [6.07, 6.45) is 0.648. The lowest BCUT2D eigenvalue weighted by Gasteiger charge is -2.49. The molecule has 3 heterocycles. The number of likely N-dealkylation sites (tertiary alicyclic amines) is 1. The lowest BCUT2D eigenvalue weighted by atomic mass is 9.79. The van der Waals surface area contributed by atoms with Gasteiger partial charge >= 0.3 is 12.1 Å². The standard InChI is InChI=1S/C19H23NO7/c1-12-13(16(21)24-2)3-4-14-15(12)27-18(11-19(14)25-9-10-26-19)5-7-20(8-6-18)17(22)23/h3-4H,5-11H2,1-2H3,(H,22,23). The van der Waals surface area contributed by atoms with Crippen LogP contribution in [0.5, 0.6) is 5.75 Å². The van der Waals surface area contributed by atoms with Crippen molar-refractivity contribution < 1.29 is 33.6 Å². The maximum absolute atomic E-state index is 12.1. The monoisotopic (exact) mass is 377 g/mol. The van der Waals surface area contributed by atoms with E-state index >= 15 is 0 Å². The van der Waals surface area contributed by atoms with Gasteiger partial charge in [0.05, 0.1) is 31.5 Å². The third kappa shape index (κ3) is 2.83. The Hall–Kier alpha value is -2.32. The highest BCUT2D eigenvalue weighted by Crippen LogP contribution is 2.52. The number of rotatable bonds is 1. The number of hydrogen-bond donors (Lipinski definition) is 1. The van der Waals surface area contributed by atoms with Gasteiger partial charge in [-0.3, -0.25) is 0 Å². The molecular formula is C19H23NO7. The number of carbonyl (C=O) groups excluding carboxylic acids is 1. The molecule has 0 bridgehead atoms. The molecule has 146 valence electrons. The predicted octanol–water partition coefficient (Wildman–Crippen LogP) is 2.28. The van der Waals surface area contributed by atoms with Gasteiger partial charge in [-0.05, 0) is 19.1 Å². The van der Waals surface area contributed by atoms with Crippen LogP contribution in [0, 0.1) is 6.92 Å². The average molecular weight is 377 g/mol. The summed E-state index contributed by atoms with van der Waals surface area (Å²) in [6.45, 7) is 3.55. The zero-order chi connectivity index (χ0) is 19.2. The Bertz CT molecular complexity index is 777. The summed E-state index contributed by atoms with van der Waals surface area (Å²) < 4.78 is 23.4. The Morgan fingerprint density at radius 2 is 1.85 bits per heavy atom. The normalized spacial score (nSPS) is 22.4. The first-order valence-corrected chi connectivity index (χ1v) is 9.07. The molecule has 8 heteroatoms. The molecule has 0 atom stereocenters. The van der Waals surface area contributed by atoms with E-state index in [-0.39, 0.29) is 0 Å². The van der Waals surface area contributed by atoms with Crippen LogP contribution < -0.4 is 4.74 Å². The summed E-state index contributed by atoms with van der Waals surface area (Å²) in [5.74, 6) is -0.769. The van der Waals surface area contributed by atoms with Gasteiger partial charge < -0.3 is 29.0 Å². The van der Waals surface area contributed by atoms with Gasteiger partial charge in [-0.2, -0.15) is 0 Å². The molecule has 1 aromatic rings. The van der Waals surface area contributed by atoms with Crippen molar-refractivity contribution in [2.24, 2.45) is 0 Å². The zero-order valence-corrected chi connectivity index (χ0v) is 15.4. The number of amides is 1. The highest BCUT2D eigenvalue weighted by molar-refractivity contribution is 5.92. The molecule has 2 spiro atoms. The molecule has 2 fully saturated rings. The van der Waals surface area contributed by atoms with Crippen LogP contribution in [0.25, 0.3) is 0 Å². The van der Waals surface area contributed by atoms with Crippen molar-refractivity contribution in [1.29, 1.82) is 0 Å². The third-order valence-corrected chi connectivity index (χ3v) is 5.79. The van der Waals surface area contributed by atoms with Gasteiger partial charge in [0.15, 0.2) is 0 Å². The highest BCUT2D eigenvalue weighted by atomic mass is 16.7. The summed E-state index contributed by atoms with van der Waals surface area (Å²) in [4.78, 5) is 24.8. The molecule has 27 heavy (non-hydrogen) atoms. The van der Waals surface area contributed by atoms with Gasteiger partial charge in [-0.25, -0.2) is 9.59 Å². The third-order valence-electron chi connectivity index (χ3n) is 5.79. The molecule has 3 aliphatic heterocycles. The molecule has 1 aromatic carbocycles. The molecule has 0 unspecified atom stereocenters. The lowest BCUT2D eigenvalue weighted by Crippen LogP contribution is -2.55. The van der Waals surface area contributed by atoms with E-state index in [0.29, 0.717) is 62.4 Å². The minimum absolute atomic E-state index is 0.385. The van der Waals surface area contributed by atoms with Gasteiger partial charge in [-0.15, -0.1) is 0 Å². The fraction of sp³-hybridized carbons (Fsp3) is 0.579. The van der Waals surface area contributed by atoms with Crippen LogP contribution in [0.3, 0.4) is 0 Å². The van der Waals surface area contributed by atoms with Crippen LogP contribution in [0.1, 0.15) is 40.7 Å². The van der Waals surface area contributed by atoms with E-state index in [9.17, 15) is 14.7 Å². The van der Waals surface area contributed by atoms with Crippen LogP contribution >= 0.6 is 0 Å². The van der Waals surface area contributed by atoms with Crippen molar-refractivity contribution in [1.82, 2.24) is 4.90 Å². The van der Waals surface area contributed by atoms with Crippen molar-refractivity contribution in [3.63, 3.8) is 0 Å². The SMILES string of the molecule is COC(=O)c1ccc2c(c1C)OC1(CCN(C(=O)O)CC1)CC21OCCO1. The quantitative estimate of drug-likeness (QED) is 0.750. The van der Waals surface area contributed by atoms with Crippen LogP contribution in [0.4, 0.5) is 4.79 Å². The molecule has 1 N–H and O–H groups in total. The number of ether oxygens (including phenoxy) is 4. The smallest absolute Gasteiger partial charge is 0.407 e. The number of carbonyl (C=O) groups is 2. The average Bonchev–Trinajstić information content (AvgIpc) is 3.11. The van der Waals surface area contributed by atoms with Crippen LogP contribution in [0.2, 0.25) is 0 Å². The second kappa shape index (κ2) is 6.38. The summed E-state index contributed by atoms with van der Waals surface area (Å²) in [7, 11) is 1.34. The molecule has 1 amide bonds. The summed E-state index contributed by atoms with van der Waals surface area (Å²) >= 11 is 0. The Morgan fingerprint density at radius 3 is 2.44 bits per heavy atom. The number of benzene rings is 1. The molecule has 0 aromatic heterocycles. The van der Waals surface area contributed by atoms with E-state index in [1.807, 2.05) is 6.92 Å². The Balaban J connectivity index is 1.75. The zero-order valence-electron chi connectivity index (χ0n) is 15.4. The molecular weight excluding hydrogens is 354 g/mol. The number of hydrogen-bond acceptors (Lipinski definition) is 6. The molecule has 4 rings (SSSR count). The van der Waals surface area contributed by atoms with Crippen molar-refractivity contribution in [2.45, 2.75) is 37.6 Å². The first kappa shape index (κ1) is 18.1. The molecule has 0 saturated carbocycles. The predicted molar refractivity (Wildman–Crippen MR) is 92.9 cm³/mol. The van der Waals surface area contributed by atoms with Gasteiger partial charge in [-0.1, -0.05) is 0 Å². The number of methoxy groups -OCH3 is 1. The number of nitrogens with zero attached hydrogens (tertiary/aromatic N) is 1. The Morgan fingerprint density at radius 1 is 1.19 bits per heavy atom. The lowest BCUT2D eigenvalue weighted by molar-refractivity contribution is -0.219. The van der Waals surface area contributed by atoms with Gasteiger partial charge in [0.25, 0.3) is 0 Å². The number of piperidine rings is 1. The van der Waals surface area contributed by atoms with Crippen molar-refractivity contribution in [2.75, 3.05) is 33.4 Å². The summed E-state index contributed by atoms with van der Waals surface area (Å²) in [6, 6.07) is 3.51. The van der Waals surface area contributed by atoms with E-state index in [1.165, 1.54) is 12.0 Å². The first-order valence-electron chi connectivity index (χ1n) is 9.07. The number of esters is 1. The minimum Gasteiger partial charge on any atom is -0.486 e. The molecule has 8 nitrogen and oxygen atoms in total. The minimum atomic E-state index is -0.923. The molecule has 2 saturated heterocycles. The van der Waals surface area contributed by atoms with Crippen molar-refractivity contribution in [3.05, 3.63) is 28.8 Å². The maximum atomic E-state index is 12.1. The highest BCUT2D eigenvalue weighted by Gasteiger charge is 2.55. The van der Waals surface area contributed by atoms with E-state index < -0.39 is 23.5 Å². The van der Waals surface area contributed by atoms with Gasteiger partial charge in [0.2, 0.25) is 5.79 Å². The number of fused-ring (bicyclic) bond motifs is 2. The fourth-order valence-corrected chi connectivity index (χ4v) is 4.32. The maximum Gasteiger partial charge on any atom is 0.407 e. The van der Waals surface area contributed by atoms with E-state index in [0.717, 1.165) is 5.56 Å². The van der Waals surface area contributed by atoms with E-state index in [1.54, 1.807) is 12.1 Å². The Labute approximate surface area is 156 Å². The van der Waals surface area contributed by atoms with Crippen LogP contribution in [-0.2, 0) is 20.0 Å². The van der Waals surface area contributed by atoms with Crippen molar-refractivity contribution in [3.8, 4) is 5.75 Å². The summed E-state index contributed by atoms with van der Waals surface area (Å²) in [5.41, 5.74) is 1.29. The molecule has 0 aliphatic carbocycles. The van der Waals surface area contributed by atoms with Crippen LogP contribution in [0.15, 0.2) is 12.1 Å². The van der Waals surface area contributed by atoms with E-state index in [2.05, 4.69) is 0 Å². The fourth-order valence-electron chi connectivity index (χ4n) is 4.32. The second-order valence-corrected chi connectivity index (χ2v) is 7.29. The molecule has 3 aliphatic rings. The summed E-state index contributed by atoms with van der Waals surface area (Å²) in [5, 5.41) is 9.24. The Kier molecular flexibility index (Phi) is 4.27. The largest absolute Gasteiger partial charge is 0.486 e. The van der Waals surface area contributed by atoms with Crippen molar-refractivity contribution >= 4 is 12.1 Å². The van der Waals surface area contributed by atoms with Gasteiger partial charge in [0.1, 0.15) is 11.4 Å². The van der Waals surface area contributed by atoms with E-state index in [4.69, 9.17) is 18.9 Å². The number of carboxylic acid groups (broad SMARTS) is 1.